The van der Waals surface area contributed by atoms with Crippen molar-refractivity contribution in [2.24, 2.45) is 7.05 Å². The largest absolute Gasteiger partial charge is 0.399 e. The molecule has 2 aliphatic rings. The number of anilines is 2. The van der Waals surface area contributed by atoms with Crippen molar-refractivity contribution < 1.29 is 4.74 Å². The van der Waals surface area contributed by atoms with Gasteiger partial charge < -0.3 is 15.4 Å². The lowest BCUT2D eigenvalue weighted by atomic mass is 10.1. The third kappa shape index (κ3) is 2.55. The smallest absolute Gasteiger partial charge is 0.368 e. The maximum atomic E-state index is 12.2. The maximum Gasteiger partial charge on any atom is 0.368 e. The Balaban J connectivity index is 1.61. The highest BCUT2D eigenvalue weighted by Crippen LogP contribution is 2.27. The van der Waals surface area contributed by atoms with E-state index >= 15 is 0 Å². The normalized spacial score (nSPS) is 19.5. The first-order chi connectivity index (χ1) is 11.6. The molecular formula is C15H21N7O2. The number of aryl methyl sites for hydroxylation is 1. The molecule has 24 heavy (non-hydrogen) atoms. The maximum absolute atomic E-state index is 12.2. The van der Waals surface area contributed by atoms with Gasteiger partial charge in [0.25, 0.3) is 0 Å². The molecule has 2 N–H and O–H groups in total. The number of hydrogen-bond acceptors (Lipinski definition) is 7. The van der Waals surface area contributed by atoms with E-state index in [9.17, 15) is 4.79 Å². The lowest BCUT2D eigenvalue weighted by Crippen LogP contribution is -2.56. The van der Waals surface area contributed by atoms with Crippen molar-refractivity contribution >= 4 is 11.4 Å². The molecular weight excluding hydrogens is 310 g/mol. The number of hydrogen-bond donors (Lipinski definition) is 1. The molecule has 1 aromatic carbocycles. The summed E-state index contributed by atoms with van der Waals surface area (Å²) in [7, 11) is 1.58. The average molecular weight is 331 g/mol. The standard InChI is InChI=1S/C15H21N7O2/c1-19-15(23)22(18-17-19)14-8-11(16)2-3-13(14)21-6-4-20(5-7-21)12-9-24-10-12/h2-3,8,12H,4-7,9-10,16H2,1H3. The molecule has 2 aromatic rings. The van der Waals surface area contributed by atoms with Gasteiger partial charge in [0.15, 0.2) is 0 Å². The van der Waals surface area contributed by atoms with Gasteiger partial charge in [0, 0.05) is 38.9 Å². The van der Waals surface area contributed by atoms with E-state index in [0.29, 0.717) is 17.4 Å². The van der Waals surface area contributed by atoms with Gasteiger partial charge in [-0.3, -0.25) is 4.90 Å². The van der Waals surface area contributed by atoms with Crippen LogP contribution in [0.1, 0.15) is 0 Å². The first-order valence-electron chi connectivity index (χ1n) is 8.09. The fourth-order valence-corrected chi connectivity index (χ4v) is 3.20. The van der Waals surface area contributed by atoms with Gasteiger partial charge in [0.05, 0.1) is 30.6 Å². The molecule has 4 rings (SSSR count). The van der Waals surface area contributed by atoms with Crippen molar-refractivity contribution in [3.8, 4) is 5.69 Å². The Morgan fingerprint density at radius 3 is 2.46 bits per heavy atom. The van der Waals surface area contributed by atoms with Gasteiger partial charge in [-0.05, 0) is 28.6 Å². The van der Waals surface area contributed by atoms with Gasteiger partial charge in [-0.1, -0.05) is 0 Å². The van der Waals surface area contributed by atoms with Crippen LogP contribution in [0.25, 0.3) is 5.69 Å². The summed E-state index contributed by atoms with van der Waals surface area (Å²) in [5, 5.41) is 7.75. The number of ether oxygens (including phenoxy) is 1. The van der Waals surface area contributed by atoms with E-state index in [0.717, 1.165) is 45.1 Å². The summed E-state index contributed by atoms with van der Waals surface area (Å²) in [5.41, 5.74) is 7.87. The van der Waals surface area contributed by atoms with Crippen LogP contribution in [0, 0.1) is 0 Å². The van der Waals surface area contributed by atoms with Crippen molar-refractivity contribution in [1.29, 1.82) is 0 Å². The quantitative estimate of drug-likeness (QED) is 0.726. The van der Waals surface area contributed by atoms with Crippen LogP contribution in [0.4, 0.5) is 11.4 Å². The Labute approximate surface area is 139 Å². The molecule has 9 heteroatoms. The topological polar surface area (TPSA) is 94.4 Å². The van der Waals surface area contributed by atoms with E-state index in [1.807, 2.05) is 12.1 Å². The second-order valence-corrected chi connectivity index (χ2v) is 6.26. The molecule has 0 atom stereocenters. The fraction of sp³-hybridized carbons (Fsp3) is 0.533. The van der Waals surface area contributed by atoms with Gasteiger partial charge in [-0.25, -0.2) is 4.79 Å². The van der Waals surface area contributed by atoms with Crippen LogP contribution >= 0.6 is 0 Å². The van der Waals surface area contributed by atoms with Crippen LogP contribution in [-0.4, -0.2) is 70.1 Å². The summed E-state index contributed by atoms with van der Waals surface area (Å²) in [6.45, 7) is 5.41. The van der Waals surface area contributed by atoms with E-state index in [2.05, 4.69) is 20.2 Å². The summed E-state index contributed by atoms with van der Waals surface area (Å²) < 4.78 is 7.79. The second kappa shape index (κ2) is 5.91. The monoisotopic (exact) mass is 331 g/mol. The first kappa shape index (κ1) is 15.2. The predicted molar refractivity (Wildman–Crippen MR) is 89.4 cm³/mol. The molecule has 128 valence electrons. The molecule has 0 radical (unpaired) electrons. The van der Waals surface area contributed by atoms with E-state index < -0.39 is 0 Å². The second-order valence-electron chi connectivity index (χ2n) is 6.26. The van der Waals surface area contributed by atoms with Crippen LogP contribution in [0.15, 0.2) is 23.0 Å². The molecule has 0 aliphatic carbocycles. The molecule has 0 bridgehead atoms. The lowest BCUT2D eigenvalue weighted by molar-refractivity contribution is -0.0660. The number of tetrazole rings is 1. The molecule has 9 nitrogen and oxygen atoms in total. The summed E-state index contributed by atoms with van der Waals surface area (Å²) in [5.74, 6) is 0. The number of benzene rings is 1. The molecule has 1 aromatic heterocycles. The van der Waals surface area contributed by atoms with Crippen molar-refractivity contribution in [3.05, 3.63) is 28.7 Å². The molecule has 0 amide bonds. The summed E-state index contributed by atoms with van der Waals surface area (Å²) in [6, 6.07) is 6.14. The highest BCUT2D eigenvalue weighted by molar-refractivity contribution is 5.67. The Kier molecular flexibility index (Phi) is 3.73. The van der Waals surface area contributed by atoms with Crippen molar-refractivity contribution in [3.63, 3.8) is 0 Å². The Bertz CT molecular complexity index is 787. The molecule has 2 fully saturated rings. The van der Waals surface area contributed by atoms with E-state index in [1.165, 1.54) is 9.36 Å². The minimum absolute atomic E-state index is 0.285. The fourth-order valence-electron chi connectivity index (χ4n) is 3.20. The Morgan fingerprint density at radius 2 is 1.88 bits per heavy atom. The van der Waals surface area contributed by atoms with E-state index in [-0.39, 0.29) is 5.69 Å². The van der Waals surface area contributed by atoms with Gasteiger partial charge >= 0.3 is 5.69 Å². The van der Waals surface area contributed by atoms with Crippen LogP contribution in [0.5, 0.6) is 0 Å². The van der Waals surface area contributed by atoms with Crippen LogP contribution in [0.3, 0.4) is 0 Å². The molecule has 0 spiro atoms. The van der Waals surface area contributed by atoms with Crippen molar-refractivity contribution in [2.45, 2.75) is 6.04 Å². The zero-order valence-electron chi connectivity index (χ0n) is 13.6. The summed E-state index contributed by atoms with van der Waals surface area (Å²) in [4.78, 5) is 17.0. The van der Waals surface area contributed by atoms with Crippen molar-refractivity contribution in [1.82, 2.24) is 24.7 Å². The lowest BCUT2D eigenvalue weighted by Gasteiger charge is -2.43. The highest BCUT2D eigenvalue weighted by atomic mass is 16.5. The number of nitrogen functional groups attached to an aromatic ring is 1. The van der Waals surface area contributed by atoms with Crippen molar-refractivity contribution in [2.75, 3.05) is 50.0 Å². The van der Waals surface area contributed by atoms with Gasteiger partial charge in [-0.2, -0.15) is 9.36 Å². The molecule has 0 saturated carbocycles. The molecule has 3 heterocycles. The van der Waals surface area contributed by atoms with E-state index in [4.69, 9.17) is 10.5 Å². The number of nitrogens with two attached hydrogens (primary N) is 1. The van der Waals surface area contributed by atoms with Crippen LogP contribution in [-0.2, 0) is 11.8 Å². The molecule has 2 saturated heterocycles. The summed E-state index contributed by atoms with van der Waals surface area (Å²) in [6.07, 6.45) is 0. The number of aromatic nitrogens is 4. The van der Waals surface area contributed by atoms with E-state index in [1.54, 1.807) is 13.1 Å². The average Bonchev–Trinajstić information content (AvgIpc) is 2.86. The summed E-state index contributed by atoms with van der Waals surface area (Å²) >= 11 is 0. The number of nitrogens with zero attached hydrogens (tertiary/aromatic N) is 6. The minimum atomic E-state index is -0.285. The van der Waals surface area contributed by atoms with Gasteiger partial charge in [0.2, 0.25) is 0 Å². The van der Waals surface area contributed by atoms with Crippen LogP contribution in [0.2, 0.25) is 0 Å². The third-order valence-electron chi connectivity index (χ3n) is 4.74. The zero-order chi connectivity index (χ0) is 16.7. The molecule has 0 unspecified atom stereocenters. The zero-order valence-corrected chi connectivity index (χ0v) is 13.6. The predicted octanol–water partition coefficient (Wildman–Crippen LogP) is -0.931. The minimum Gasteiger partial charge on any atom is -0.399 e. The Hall–Kier alpha value is -2.39. The third-order valence-corrected chi connectivity index (χ3v) is 4.74. The highest BCUT2D eigenvalue weighted by Gasteiger charge is 2.29. The first-order valence-corrected chi connectivity index (χ1v) is 8.09. The van der Waals surface area contributed by atoms with Gasteiger partial charge in [-0.15, -0.1) is 0 Å². The number of rotatable bonds is 3. The Morgan fingerprint density at radius 1 is 1.12 bits per heavy atom. The SMILES string of the molecule is Cn1nnn(-c2cc(N)ccc2N2CCN(C3COC3)CC2)c1=O. The van der Waals surface area contributed by atoms with Crippen LogP contribution < -0.4 is 16.3 Å². The molecule has 2 aliphatic heterocycles. The number of piperazine rings is 1. The van der Waals surface area contributed by atoms with Gasteiger partial charge in [0.1, 0.15) is 0 Å².